The quantitative estimate of drug-likeness (QED) is 0.750. The first-order chi connectivity index (χ1) is 13.3. The minimum absolute atomic E-state index is 0.00449. The summed E-state index contributed by atoms with van der Waals surface area (Å²) in [6.07, 6.45) is -0.887. The number of aliphatic hydroxyl groups excluding tert-OH is 1. The van der Waals surface area contributed by atoms with Crippen molar-refractivity contribution in [3.63, 3.8) is 0 Å². The van der Waals surface area contributed by atoms with E-state index in [1.54, 1.807) is 19.1 Å². The zero-order chi connectivity index (χ0) is 20.0. The number of ether oxygens (including phenoxy) is 1. The third-order valence-corrected chi connectivity index (χ3v) is 6.20. The Morgan fingerprint density at radius 1 is 1.21 bits per heavy atom. The van der Waals surface area contributed by atoms with Gasteiger partial charge < -0.3 is 14.3 Å². The lowest BCUT2D eigenvalue weighted by Gasteiger charge is -2.45. The second-order valence-corrected chi connectivity index (χ2v) is 7.66. The Balaban J connectivity index is 1.87. The fourth-order valence-electron chi connectivity index (χ4n) is 4.97. The fourth-order valence-corrected chi connectivity index (χ4v) is 4.97. The monoisotopic (exact) mass is 380 g/mol. The van der Waals surface area contributed by atoms with Crippen molar-refractivity contribution in [1.29, 1.82) is 0 Å². The highest BCUT2D eigenvalue weighted by Crippen LogP contribution is 2.52. The van der Waals surface area contributed by atoms with Crippen LogP contribution in [0.2, 0.25) is 0 Å². The molecule has 1 heterocycles. The smallest absolute Gasteiger partial charge is 0.303 e. The fraction of sp³-hybridized carbons (Fsp3) is 0.333. The van der Waals surface area contributed by atoms with Crippen LogP contribution in [0.15, 0.2) is 22.8 Å². The number of hydrogen-bond donors (Lipinski definition) is 1. The Hall–Kier alpha value is -3.06. The van der Waals surface area contributed by atoms with E-state index in [9.17, 15) is 24.3 Å². The summed E-state index contributed by atoms with van der Waals surface area (Å²) >= 11 is 0. The molecule has 0 aliphatic heterocycles. The molecule has 0 fully saturated rings. The van der Waals surface area contributed by atoms with Crippen molar-refractivity contribution >= 4 is 23.3 Å². The number of esters is 1. The van der Waals surface area contributed by atoms with Crippen molar-refractivity contribution < 1.29 is 33.4 Å². The van der Waals surface area contributed by atoms with Crippen LogP contribution in [0.25, 0.3) is 0 Å². The van der Waals surface area contributed by atoms with Crippen LogP contribution in [-0.2, 0) is 21.4 Å². The molecule has 3 unspecified atom stereocenters. The molecule has 0 bridgehead atoms. The maximum atomic E-state index is 13.2. The standard InChI is InChI=1S/C21H16O7/c1-8(22)28-20-18(26)16(24)11-7-27-19-15(11)21(20,2)12-5-3-9-10(4-6-13(9)23)14(12)17(19)25/h3,5,7,18,20,26H,4,6H2,1-2H3. The summed E-state index contributed by atoms with van der Waals surface area (Å²) < 4.78 is 10.9. The molecule has 0 saturated carbocycles. The molecular formula is C21H16O7. The van der Waals surface area contributed by atoms with E-state index in [2.05, 4.69) is 0 Å². The number of aliphatic hydroxyl groups is 1. The Kier molecular flexibility index (Phi) is 3.21. The van der Waals surface area contributed by atoms with Gasteiger partial charge in [-0.15, -0.1) is 0 Å². The van der Waals surface area contributed by atoms with E-state index in [0.29, 0.717) is 40.7 Å². The number of Topliss-reactive ketones (excluding diaryl/α,β-unsaturated/α-hetero) is 2. The molecule has 7 heteroatoms. The van der Waals surface area contributed by atoms with Gasteiger partial charge in [-0.3, -0.25) is 19.2 Å². The number of rotatable bonds is 1. The van der Waals surface area contributed by atoms with E-state index < -0.39 is 35.2 Å². The van der Waals surface area contributed by atoms with E-state index in [4.69, 9.17) is 9.15 Å². The highest BCUT2D eigenvalue weighted by molar-refractivity contribution is 6.18. The van der Waals surface area contributed by atoms with Crippen LogP contribution in [-0.4, -0.2) is 40.6 Å². The zero-order valence-electron chi connectivity index (χ0n) is 15.2. The molecule has 0 spiro atoms. The lowest BCUT2D eigenvalue weighted by atomic mass is 9.59. The van der Waals surface area contributed by atoms with E-state index in [1.807, 2.05) is 0 Å². The molecule has 1 N–H and O–H groups in total. The van der Waals surface area contributed by atoms with Gasteiger partial charge >= 0.3 is 5.97 Å². The SMILES string of the molecule is CC(=O)OC1C(O)C(=O)c2coc3c2C1(C)c1ccc2c(c1C3=O)CCC2=O. The van der Waals surface area contributed by atoms with Gasteiger partial charge in [-0.1, -0.05) is 12.1 Å². The molecule has 0 saturated heterocycles. The van der Waals surface area contributed by atoms with Crippen LogP contribution >= 0.6 is 0 Å². The normalized spacial score (nSPS) is 27.3. The first-order valence-electron chi connectivity index (χ1n) is 9.02. The minimum atomic E-state index is -1.59. The zero-order valence-corrected chi connectivity index (χ0v) is 15.2. The van der Waals surface area contributed by atoms with E-state index in [1.165, 1.54) is 13.2 Å². The molecule has 3 atom stereocenters. The highest BCUT2D eigenvalue weighted by Gasteiger charge is 2.59. The predicted octanol–water partition coefficient (Wildman–Crippen LogP) is 1.75. The summed E-state index contributed by atoms with van der Waals surface area (Å²) in [5.41, 5.74) is 1.30. The van der Waals surface area contributed by atoms with Crippen molar-refractivity contribution in [3.8, 4) is 0 Å². The molecule has 0 amide bonds. The largest absolute Gasteiger partial charge is 0.460 e. The summed E-state index contributed by atoms with van der Waals surface area (Å²) in [7, 11) is 0. The molecule has 7 nitrogen and oxygen atoms in total. The van der Waals surface area contributed by atoms with Crippen LogP contribution in [0, 0.1) is 0 Å². The Labute approximate surface area is 159 Å². The van der Waals surface area contributed by atoms with Crippen molar-refractivity contribution in [2.45, 2.75) is 44.3 Å². The van der Waals surface area contributed by atoms with Gasteiger partial charge in [0.25, 0.3) is 0 Å². The van der Waals surface area contributed by atoms with Crippen molar-refractivity contribution in [2.24, 2.45) is 0 Å². The Morgan fingerprint density at radius 3 is 2.68 bits per heavy atom. The predicted molar refractivity (Wildman–Crippen MR) is 93.6 cm³/mol. The number of fused-ring (bicyclic) bond motifs is 4. The summed E-state index contributed by atoms with van der Waals surface area (Å²) in [6.45, 7) is 2.92. The third kappa shape index (κ3) is 1.82. The molecule has 2 aromatic rings. The van der Waals surface area contributed by atoms with Gasteiger partial charge in [-0.2, -0.15) is 0 Å². The van der Waals surface area contributed by atoms with Gasteiger partial charge in [0, 0.05) is 30.0 Å². The van der Waals surface area contributed by atoms with Gasteiger partial charge in [0.2, 0.25) is 5.78 Å². The number of ketones is 3. The van der Waals surface area contributed by atoms with Gasteiger partial charge in [0.05, 0.1) is 11.0 Å². The van der Waals surface area contributed by atoms with Crippen LogP contribution in [0.5, 0.6) is 0 Å². The first kappa shape index (κ1) is 17.1. The molecule has 28 heavy (non-hydrogen) atoms. The molecule has 1 aromatic carbocycles. The highest BCUT2D eigenvalue weighted by atomic mass is 16.6. The number of hydrogen-bond acceptors (Lipinski definition) is 7. The minimum Gasteiger partial charge on any atom is -0.460 e. The molecule has 3 aliphatic rings. The van der Waals surface area contributed by atoms with Crippen molar-refractivity contribution in [2.75, 3.05) is 0 Å². The molecule has 1 aromatic heterocycles. The van der Waals surface area contributed by atoms with Gasteiger partial charge in [-0.05, 0) is 24.5 Å². The summed E-state index contributed by atoms with van der Waals surface area (Å²) in [4.78, 5) is 49.8. The topological polar surface area (TPSA) is 111 Å². The van der Waals surface area contributed by atoms with Crippen LogP contribution in [0.4, 0.5) is 0 Å². The Morgan fingerprint density at radius 2 is 1.96 bits per heavy atom. The van der Waals surface area contributed by atoms with Gasteiger partial charge in [-0.25, -0.2) is 0 Å². The molecule has 142 valence electrons. The maximum Gasteiger partial charge on any atom is 0.303 e. The average Bonchev–Trinajstić information content (AvgIpc) is 3.26. The number of carbonyl (C=O) groups is 4. The van der Waals surface area contributed by atoms with Gasteiger partial charge in [0.1, 0.15) is 12.4 Å². The van der Waals surface area contributed by atoms with Crippen LogP contribution in [0.1, 0.15) is 73.8 Å². The van der Waals surface area contributed by atoms with Crippen LogP contribution in [0.3, 0.4) is 0 Å². The molecule has 3 aliphatic carbocycles. The molecule has 5 rings (SSSR count). The van der Waals surface area contributed by atoms with Crippen molar-refractivity contribution in [3.05, 3.63) is 57.5 Å². The number of benzene rings is 1. The third-order valence-electron chi connectivity index (χ3n) is 6.20. The van der Waals surface area contributed by atoms with E-state index in [0.717, 1.165) is 0 Å². The van der Waals surface area contributed by atoms with Crippen LogP contribution < -0.4 is 0 Å². The number of furan rings is 1. The van der Waals surface area contributed by atoms with E-state index in [-0.39, 0.29) is 17.1 Å². The summed E-state index contributed by atoms with van der Waals surface area (Å²) in [5, 5.41) is 10.7. The van der Waals surface area contributed by atoms with E-state index >= 15 is 0 Å². The second kappa shape index (κ2) is 5.26. The lowest BCUT2D eigenvalue weighted by molar-refractivity contribution is -0.155. The first-order valence-corrected chi connectivity index (χ1v) is 9.02. The second-order valence-electron chi connectivity index (χ2n) is 7.66. The molecular weight excluding hydrogens is 364 g/mol. The Bertz CT molecular complexity index is 1120. The summed E-state index contributed by atoms with van der Waals surface area (Å²) in [5.74, 6) is -1.74. The molecule has 0 radical (unpaired) electrons. The number of carbonyl (C=O) groups excluding carboxylic acids is 4. The summed E-state index contributed by atoms with van der Waals surface area (Å²) in [6, 6.07) is 3.33. The van der Waals surface area contributed by atoms with Gasteiger partial charge in [0.15, 0.2) is 23.4 Å². The lowest BCUT2D eigenvalue weighted by Crippen LogP contribution is -2.57. The van der Waals surface area contributed by atoms with Crippen molar-refractivity contribution in [1.82, 2.24) is 0 Å². The average molecular weight is 380 g/mol. The maximum absolute atomic E-state index is 13.2.